The van der Waals surface area contributed by atoms with Crippen molar-refractivity contribution in [1.29, 1.82) is 0 Å². The van der Waals surface area contributed by atoms with Gasteiger partial charge in [-0.15, -0.1) is 0 Å². The van der Waals surface area contributed by atoms with Gasteiger partial charge >= 0.3 is 0 Å². The Kier molecular flexibility index (Phi) is 41.7. The molecule has 10 nitrogen and oxygen atoms in total. The van der Waals surface area contributed by atoms with E-state index >= 15 is 0 Å². The number of nitrogens with one attached hydrogen (secondary N) is 1. The molecule has 0 spiro atoms. The van der Waals surface area contributed by atoms with Crippen molar-refractivity contribution < 1.29 is 44.9 Å². The highest BCUT2D eigenvalue weighted by molar-refractivity contribution is 5.76. The number of aliphatic hydroxyl groups is 6. The number of amides is 1. The highest BCUT2D eigenvalue weighted by Crippen LogP contribution is 2.23. The second-order valence-corrected chi connectivity index (χ2v) is 19.5. The standard InChI is InChI=1S/C53H105NO9/c1-3-5-7-9-11-13-15-17-19-20-21-22-23-24-25-26-28-30-32-34-36-38-40-42-48(57)54-45(44-62-53-52(61)51(60)50(59)47(43-55)63-53)49(58)46(56)41-39-37-35-33-31-29-27-18-16-14-12-10-8-6-4-2/h45-47,49-53,55-56,58-61H,3-44H2,1-2H3,(H,54,57)/t45-,46+,47+,49-,50-,51-,52+,53-/m0/s1. The van der Waals surface area contributed by atoms with Crippen molar-refractivity contribution in [2.24, 2.45) is 0 Å². The summed E-state index contributed by atoms with van der Waals surface area (Å²) in [6.45, 7) is 3.65. The van der Waals surface area contributed by atoms with E-state index in [1.54, 1.807) is 0 Å². The van der Waals surface area contributed by atoms with Crippen molar-refractivity contribution >= 4 is 5.91 Å². The van der Waals surface area contributed by atoms with Crippen molar-refractivity contribution in [3.63, 3.8) is 0 Å². The Hall–Kier alpha value is -0.850. The van der Waals surface area contributed by atoms with E-state index in [4.69, 9.17) is 9.47 Å². The minimum absolute atomic E-state index is 0.251. The number of carbonyl (C=O) groups excluding carboxylic acids is 1. The summed E-state index contributed by atoms with van der Waals surface area (Å²) in [7, 11) is 0. The van der Waals surface area contributed by atoms with E-state index in [2.05, 4.69) is 19.2 Å². The van der Waals surface area contributed by atoms with Gasteiger partial charge in [-0.2, -0.15) is 0 Å². The Morgan fingerprint density at radius 2 is 0.825 bits per heavy atom. The van der Waals surface area contributed by atoms with Gasteiger partial charge in [-0.25, -0.2) is 0 Å². The number of hydrogen-bond acceptors (Lipinski definition) is 9. The molecule has 1 rings (SSSR count). The molecule has 1 saturated heterocycles. The number of rotatable bonds is 47. The molecule has 0 aromatic heterocycles. The third-order valence-corrected chi connectivity index (χ3v) is 13.6. The van der Waals surface area contributed by atoms with E-state index in [0.29, 0.717) is 6.42 Å². The van der Waals surface area contributed by atoms with E-state index in [9.17, 15) is 35.4 Å². The number of unbranched alkanes of at least 4 members (excludes halogenated alkanes) is 36. The highest BCUT2D eigenvalue weighted by Gasteiger charge is 2.44. The SMILES string of the molecule is CCCCCCCCCCCCCCCCCCCCCCCCCC(=O)N[C@@H](CO[C@H]1O[C@H](CO)[C@H](O)[C@H](O)[C@H]1O)[C@H](O)[C@H](O)CCCCCCCCCCCCCCCCC. The first kappa shape index (κ1) is 60.2. The van der Waals surface area contributed by atoms with Gasteiger partial charge in [0, 0.05) is 6.42 Å². The number of ether oxygens (including phenoxy) is 2. The maximum Gasteiger partial charge on any atom is 0.220 e. The van der Waals surface area contributed by atoms with Gasteiger partial charge in [0.15, 0.2) is 6.29 Å². The molecule has 0 bridgehead atoms. The van der Waals surface area contributed by atoms with E-state index in [1.807, 2.05) is 0 Å². The third-order valence-electron chi connectivity index (χ3n) is 13.6. The zero-order valence-corrected chi connectivity index (χ0v) is 41.2. The number of carbonyl (C=O) groups is 1. The van der Waals surface area contributed by atoms with Gasteiger partial charge in [0.2, 0.25) is 5.91 Å². The van der Waals surface area contributed by atoms with Crippen LogP contribution in [0.2, 0.25) is 0 Å². The highest BCUT2D eigenvalue weighted by atomic mass is 16.7. The Morgan fingerprint density at radius 1 is 0.492 bits per heavy atom. The van der Waals surface area contributed by atoms with Gasteiger partial charge in [0.25, 0.3) is 0 Å². The van der Waals surface area contributed by atoms with Gasteiger partial charge in [0.1, 0.15) is 30.5 Å². The van der Waals surface area contributed by atoms with Crippen LogP contribution in [-0.4, -0.2) is 98.7 Å². The lowest BCUT2D eigenvalue weighted by atomic mass is 9.98. The quantitative estimate of drug-likeness (QED) is 0.0294. The topological polar surface area (TPSA) is 169 Å². The zero-order valence-electron chi connectivity index (χ0n) is 41.2. The van der Waals surface area contributed by atoms with Gasteiger partial charge < -0.3 is 45.4 Å². The second-order valence-electron chi connectivity index (χ2n) is 19.5. The molecule has 10 heteroatoms. The zero-order chi connectivity index (χ0) is 46.0. The Labute approximate surface area is 387 Å². The van der Waals surface area contributed by atoms with Crippen LogP contribution in [0.3, 0.4) is 0 Å². The fourth-order valence-corrected chi connectivity index (χ4v) is 9.14. The molecular weight excluding hydrogens is 795 g/mol. The first-order valence-corrected chi connectivity index (χ1v) is 27.3. The molecule has 0 unspecified atom stereocenters. The molecule has 1 amide bonds. The maximum absolute atomic E-state index is 13.1. The lowest BCUT2D eigenvalue weighted by Gasteiger charge is -2.40. The molecule has 7 N–H and O–H groups in total. The normalized spacial score (nSPS) is 20.5. The van der Waals surface area contributed by atoms with Gasteiger partial charge in [-0.3, -0.25) is 4.79 Å². The molecule has 0 radical (unpaired) electrons. The summed E-state index contributed by atoms with van der Waals surface area (Å²) < 4.78 is 11.2. The van der Waals surface area contributed by atoms with Crippen molar-refractivity contribution in [2.75, 3.05) is 13.2 Å². The molecule has 0 saturated carbocycles. The van der Waals surface area contributed by atoms with Crippen molar-refractivity contribution in [1.82, 2.24) is 5.32 Å². The van der Waals surface area contributed by atoms with Gasteiger partial charge in [-0.1, -0.05) is 251 Å². The monoisotopic (exact) mass is 900 g/mol. The molecule has 63 heavy (non-hydrogen) atoms. The van der Waals surface area contributed by atoms with Crippen molar-refractivity contribution in [3.05, 3.63) is 0 Å². The Morgan fingerprint density at radius 3 is 1.17 bits per heavy atom. The van der Waals surface area contributed by atoms with Crippen LogP contribution in [0.5, 0.6) is 0 Å². The molecule has 1 aliphatic heterocycles. The molecule has 1 heterocycles. The fourth-order valence-electron chi connectivity index (χ4n) is 9.14. The lowest BCUT2D eigenvalue weighted by Crippen LogP contribution is -2.60. The van der Waals surface area contributed by atoms with Crippen LogP contribution in [-0.2, 0) is 14.3 Å². The first-order valence-electron chi connectivity index (χ1n) is 27.3. The molecule has 0 aliphatic carbocycles. The van der Waals surface area contributed by atoms with Crippen molar-refractivity contribution in [2.45, 2.75) is 320 Å². The van der Waals surface area contributed by atoms with Crippen LogP contribution in [0.15, 0.2) is 0 Å². The summed E-state index contributed by atoms with van der Waals surface area (Å²) in [6.07, 6.45) is 39.7. The van der Waals surface area contributed by atoms with Crippen LogP contribution in [0, 0.1) is 0 Å². The average molecular weight is 900 g/mol. The summed E-state index contributed by atoms with van der Waals surface area (Å²) in [4.78, 5) is 13.1. The van der Waals surface area contributed by atoms with Crippen LogP contribution < -0.4 is 5.32 Å². The number of hydrogen-bond donors (Lipinski definition) is 7. The van der Waals surface area contributed by atoms with E-state index in [-0.39, 0.29) is 18.9 Å². The fraction of sp³-hybridized carbons (Fsp3) is 0.981. The number of aliphatic hydroxyl groups excluding tert-OH is 6. The minimum atomic E-state index is -1.60. The molecule has 0 aromatic rings. The van der Waals surface area contributed by atoms with E-state index in [0.717, 1.165) is 38.5 Å². The van der Waals surface area contributed by atoms with Crippen molar-refractivity contribution in [3.8, 4) is 0 Å². The van der Waals surface area contributed by atoms with Crippen LogP contribution >= 0.6 is 0 Å². The van der Waals surface area contributed by atoms with E-state index < -0.39 is 55.6 Å². The third kappa shape index (κ3) is 33.3. The summed E-state index contributed by atoms with van der Waals surface area (Å²) in [5.41, 5.74) is 0. The predicted molar refractivity (Wildman–Crippen MR) is 260 cm³/mol. The van der Waals surface area contributed by atoms with Crippen LogP contribution in [0.25, 0.3) is 0 Å². The molecular formula is C53H105NO9. The maximum atomic E-state index is 13.1. The minimum Gasteiger partial charge on any atom is -0.394 e. The summed E-state index contributed by atoms with van der Waals surface area (Å²) in [5, 5.41) is 65.4. The van der Waals surface area contributed by atoms with Crippen LogP contribution in [0.4, 0.5) is 0 Å². The summed E-state index contributed by atoms with van der Waals surface area (Å²) >= 11 is 0. The summed E-state index contributed by atoms with van der Waals surface area (Å²) in [6, 6.07) is -0.985. The Bertz CT molecular complexity index is 973. The van der Waals surface area contributed by atoms with E-state index in [1.165, 1.54) is 205 Å². The average Bonchev–Trinajstić information content (AvgIpc) is 3.28. The molecule has 1 aliphatic rings. The van der Waals surface area contributed by atoms with Crippen LogP contribution in [0.1, 0.15) is 271 Å². The molecule has 8 atom stereocenters. The second kappa shape index (κ2) is 43.7. The molecule has 1 fully saturated rings. The van der Waals surface area contributed by atoms with Gasteiger partial charge in [-0.05, 0) is 12.8 Å². The smallest absolute Gasteiger partial charge is 0.220 e. The Balaban J connectivity index is 2.26. The first-order chi connectivity index (χ1) is 30.8. The molecule has 376 valence electrons. The lowest BCUT2D eigenvalue weighted by molar-refractivity contribution is -0.303. The largest absolute Gasteiger partial charge is 0.394 e. The molecule has 0 aromatic carbocycles. The predicted octanol–water partition coefficient (Wildman–Crippen LogP) is 11.7. The van der Waals surface area contributed by atoms with Gasteiger partial charge in [0.05, 0.1) is 25.4 Å². The summed E-state index contributed by atoms with van der Waals surface area (Å²) in [5.74, 6) is -0.251.